The molecule has 0 radical (unpaired) electrons. The van der Waals surface area contributed by atoms with Crippen LogP contribution in [-0.4, -0.2) is 39.2 Å². The van der Waals surface area contributed by atoms with Crippen LogP contribution in [0.3, 0.4) is 0 Å². The third-order valence-corrected chi connectivity index (χ3v) is 8.54. The second-order valence-electron chi connectivity index (χ2n) is 9.24. The molecule has 2 unspecified atom stereocenters. The van der Waals surface area contributed by atoms with Crippen molar-refractivity contribution in [2.24, 2.45) is 11.8 Å². The molecular weight excluding hydrogens is 439 g/mol. The Balaban J connectivity index is 4.24. The van der Waals surface area contributed by atoms with Gasteiger partial charge in [0.05, 0.1) is 13.3 Å². The van der Waals surface area contributed by atoms with Crippen molar-refractivity contribution < 1.29 is 27.9 Å². The summed E-state index contributed by atoms with van der Waals surface area (Å²) in [5.74, 6) is -1.76. The van der Waals surface area contributed by atoms with E-state index in [-0.39, 0.29) is 17.9 Å². The second-order valence-corrected chi connectivity index (χ2v) is 11.6. The molecule has 7 heteroatoms. The predicted molar refractivity (Wildman–Crippen MR) is 136 cm³/mol. The van der Waals surface area contributed by atoms with Crippen LogP contribution in [0.1, 0.15) is 117 Å². The zero-order valence-corrected chi connectivity index (χ0v) is 23.0. The molecule has 0 saturated heterocycles. The number of hydrogen-bond donors (Lipinski definition) is 0. The first-order chi connectivity index (χ1) is 15.8. The molecule has 0 aromatic heterocycles. The number of unbranched alkanes of at least 4 members (excludes halogenated alkanes) is 13. The van der Waals surface area contributed by atoms with Crippen LogP contribution in [0.15, 0.2) is 0 Å². The van der Waals surface area contributed by atoms with Gasteiger partial charge in [-0.25, -0.2) is 0 Å². The van der Waals surface area contributed by atoms with E-state index in [0.717, 1.165) is 19.3 Å². The maximum absolute atomic E-state index is 12.4. The Morgan fingerprint density at radius 1 is 0.697 bits per heavy atom. The summed E-state index contributed by atoms with van der Waals surface area (Å²) < 4.78 is 27.4. The summed E-state index contributed by atoms with van der Waals surface area (Å²) in [5.41, 5.74) is 0. The summed E-state index contributed by atoms with van der Waals surface area (Å²) in [6.07, 6.45) is 19.3. The quantitative estimate of drug-likeness (QED) is 0.0631. The van der Waals surface area contributed by atoms with Crippen LogP contribution in [-0.2, 0) is 27.9 Å². The van der Waals surface area contributed by atoms with Gasteiger partial charge in [-0.3, -0.25) is 14.2 Å². The Kier molecular flexibility index (Phi) is 20.2. The molecule has 0 bridgehead atoms. The van der Waals surface area contributed by atoms with Gasteiger partial charge in [-0.2, -0.15) is 0 Å². The normalized spacial score (nSPS) is 13.6. The van der Waals surface area contributed by atoms with Gasteiger partial charge in [-0.15, -0.1) is 0 Å². The Bertz CT molecular complexity index is 543. The highest BCUT2D eigenvalue weighted by Crippen LogP contribution is 2.48. The van der Waals surface area contributed by atoms with E-state index < -0.39 is 19.5 Å². The highest BCUT2D eigenvalue weighted by molar-refractivity contribution is 7.53. The molecule has 0 aromatic carbocycles. The number of methoxy groups -OCH3 is 1. The molecule has 2 atom stereocenters. The SMILES string of the molecule is CCCCCCCCCCCCCCCCC(CCP(=O)(OC)OC)C(C(C)=O)C(=O)OC. The Morgan fingerprint density at radius 2 is 1.12 bits per heavy atom. The molecule has 0 fully saturated rings. The van der Waals surface area contributed by atoms with Crippen LogP contribution in [0.5, 0.6) is 0 Å². The first-order valence-electron chi connectivity index (χ1n) is 13.1. The zero-order chi connectivity index (χ0) is 25.0. The standard InChI is InChI=1S/C26H51O6P/c1-6-7-8-9-10-11-12-13-14-15-16-17-18-19-20-24(21-22-33(29,31-4)32-5)25(23(2)27)26(28)30-3/h24-25H,6-22H2,1-5H3. The topological polar surface area (TPSA) is 78.9 Å². The summed E-state index contributed by atoms with van der Waals surface area (Å²) in [6.45, 7) is 3.68. The monoisotopic (exact) mass is 490 g/mol. The van der Waals surface area contributed by atoms with Crippen molar-refractivity contribution in [2.45, 2.75) is 117 Å². The van der Waals surface area contributed by atoms with Gasteiger partial charge in [0.25, 0.3) is 0 Å². The molecule has 0 heterocycles. The Hall–Kier alpha value is -0.710. The van der Waals surface area contributed by atoms with Crippen molar-refractivity contribution in [3.05, 3.63) is 0 Å². The van der Waals surface area contributed by atoms with Crippen molar-refractivity contribution in [1.82, 2.24) is 0 Å². The minimum Gasteiger partial charge on any atom is -0.468 e. The molecule has 6 nitrogen and oxygen atoms in total. The van der Waals surface area contributed by atoms with Crippen LogP contribution in [0.4, 0.5) is 0 Å². The Morgan fingerprint density at radius 3 is 1.48 bits per heavy atom. The Labute approximate surface area is 203 Å². The fourth-order valence-electron chi connectivity index (χ4n) is 4.48. The summed E-state index contributed by atoms with van der Waals surface area (Å²) in [5, 5.41) is 0. The number of ether oxygens (including phenoxy) is 1. The molecule has 0 N–H and O–H groups in total. The van der Waals surface area contributed by atoms with E-state index >= 15 is 0 Å². The lowest BCUT2D eigenvalue weighted by atomic mass is 9.83. The number of ketones is 1. The van der Waals surface area contributed by atoms with E-state index in [9.17, 15) is 14.2 Å². The number of carbonyl (C=O) groups is 2. The van der Waals surface area contributed by atoms with Crippen LogP contribution >= 0.6 is 7.60 Å². The van der Waals surface area contributed by atoms with Crippen molar-refractivity contribution in [3.8, 4) is 0 Å². The smallest absolute Gasteiger partial charge is 0.330 e. The molecule has 0 rings (SSSR count). The van der Waals surface area contributed by atoms with Crippen molar-refractivity contribution in [1.29, 1.82) is 0 Å². The van der Waals surface area contributed by atoms with E-state index in [1.807, 2.05) is 0 Å². The summed E-state index contributed by atoms with van der Waals surface area (Å²) >= 11 is 0. The van der Waals surface area contributed by atoms with E-state index in [1.165, 1.54) is 105 Å². The fourth-order valence-corrected chi connectivity index (χ4v) is 5.64. The van der Waals surface area contributed by atoms with Gasteiger partial charge in [0.15, 0.2) is 0 Å². The van der Waals surface area contributed by atoms with Crippen LogP contribution in [0.25, 0.3) is 0 Å². The van der Waals surface area contributed by atoms with Gasteiger partial charge in [0, 0.05) is 14.2 Å². The summed E-state index contributed by atoms with van der Waals surface area (Å²) in [7, 11) is 0.836. The molecule has 0 amide bonds. The minimum absolute atomic E-state index is 0.185. The van der Waals surface area contributed by atoms with Gasteiger partial charge in [0.1, 0.15) is 11.7 Å². The largest absolute Gasteiger partial charge is 0.468 e. The third kappa shape index (κ3) is 15.7. The first-order valence-corrected chi connectivity index (χ1v) is 14.9. The molecule has 0 saturated carbocycles. The van der Waals surface area contributed by atoms with Crippen molar-refractivity contribution in [2.75, 3.05) is 27.5 Å². The molecule has 196 valence electrons. The van der Waals surface area contributed by atoms with Gasteiger partial charge in [-0.1, -0.05) is 96.8 Å². The lowest BCUT2D eigenvalue weighted by Crippen LogP contribution is -2.31. The fraction of sp³-hybridized carbons (Fsp3) is 0.923. The average molecular weight is 491 g/mol. The molecule has 0 aliphatic carbocycles. The highest BCUT2D eigenvalue weighted by atomic mass is 31.2. The molecule has 0 aliphatic heterocycles. The number of esters is 1. The van der Waals surface area contributed by atoms with E-state index in [4.69, 9.17) is 13.8 Å². The molecule has 33 heavy (non-hydrogen) atoms. The molecule has 0 aliphatic rings. The number of rotatable bonds is 23. The van der Waals surface area contributed by atoms with Crippen LogP contribution in [0.2, 0.25) is 0 Å². The molecule has 0 spiro atoms. The van der Waals surface area contributed by atoms with E-state index in [2.05, 4.69) is 6.92 Å². The minimum atomic E-state index is -3.18. The van der Waals surface area contributed by atoms with Gasteiger partial charge in [-0.05, 0) is 25.7 Å². The summed E-state index contributed by atoms with van der Waals surface area (Å²) in [4.78, 5) is 24.4. The summed E-state index contributed by atoms with van der Waals surface area (Å²) in [6, 6.07) is 0. The lowest BCUT2D eigenvalue weighted by Gasteiger charge is -2.24. The van der Waals surface area contributed by atoms with Gasteiger partial charge >= 0.3 is 13.6 Å². The second kappa shape index (κ2) is 20.6. The lowest BCUT2D eigenvalue weighted by molar-refractivity contribution is -0.151. The maximum atomic E-state index is 12.4. The van der Waals surface area contributed by atoms with Crippen molar-refractivity contribution in [3.63, 3.8) is 0 Å². The van der Waals surface area contributed by atoms with Gasteiger partial charge < -0.3 is 13.8 Å². The van der Waals surface area contributed by atoms with Crippen LogP contribution in [0, 0.1) is 11.8 Å². The number of hydrogen-bond acceptors (Lipinski definition) is 6. The maximum Gasteiger partial charge on any atom is 0.330 e. The first kappa shape index (κ1) is 32.3. The molecular formula is C26H51O6P. The van der Waals surface area contributed by atoms with Gasteiger partial charge in [0.2, 0.25) is 0 Å². The predicted octanol–water partition coefficient (Wildman–Crippen LogP) is 7.73. The van der Waals surface area contributed by atoms with Crippen LogP contribution < -0.4 is 0 Å². The molecule has 0 aromatic rings. The van der Waals surface area contributed by atoms with E-state index in [1.54, 1.807) is 0 Å². The zero-order valence-electron chi connectivity index (χ0n) is 22.1. The van der Waals surface area contributed by atoms with E-state index in [0.29, 0.717) is 6.42 Å². The number of carbonyl (C=O) groups excluding carboxylic acids is 2. The number of Topliss-reactive ketones (excluding diaryl/α,β-unsaturated/α-hetero) is 1. The average Bonchev–Trinajstić information content (AvgIpc) is 2.81. The third-order valence-electron chi connectivity index (χ3n) is 6.62. The highest BCUT2D eigenvalue weighted by Gasteiger charge is 2.35. The van der Waals surface area contributed by atoms with Crippen molar-refractivity contribution >= 4 is 19.3 Å².